The predicted molar refractivity (Wildman–Crippen MR) is 90.9 cm³/mol. The molecule has 0 radical (unpaired) electrons. The van der Waals surface area contributed by atoms with Crippen LogP contribution in [-0.4, -0.2) is 35.1 Å². The maximum absolute atomic E-state index is 5.78. The molecule has 0 aliphatic rings. The Labute approximate surface area is 134 Å². The van der Waals surface area contributed by atoms with Crippen LogP contribution in [0.1, 0.15) is 17.7 Å². The second-order valence-electron chi connectivity index (χ2n) is 4.78. The molecule has 0 aliphatic carbocycles. The fraction of sp³-hybridized carbons (Fsp3) is 0.333. The summed E-state index contributed by atoms with van der Waals surface area (Å²) in [6.07, 6.45) is 0.937. The average molecular weight is 321 g/mol. The van der Waals surface area contributed by atoms with Crippen LogP contribution in [0.5, 0.6) is 5.75 Å². The molecule has 0 saturated carbocycles. The summed E-state index contributed by atoms with van der Waals surface area (Å²) >= 11 is 6.64. The molecule has 0 saturated heterocycles. The number of ether oxygens (including phenoxy) is 1. The van der Waals surface area contributed by atoms with E-state index in [1.807, 2.05) is 29.8 Å². The predicted octanol–water partition coefficient (Wildman–Crippen LogP) is 2.68. The summed E-state index contributed by atoms with van der Waals surface area (Å²) in [7, 11) is 2.09. The largest absolute Gasteiger partial charge is 0.493 e. The standard InChI is InChI=1S/C15H19N3OS2/c1-18(9-12-10-21-11-17-12)7-4-8-19-14-6-3-2-5-13(14)15(16)20/h2-3,5-6,10-11H,4,7-9H2,1H3,(H2,16,20). The SMILES string of the molecule is CN(CCCOc1ccccc1C(N)=S)Cc1cscn1. The van der Waals surface area contributed by atoms with E-state index in [0.717, 1.165) is 36.5 Å². The quantitative estimate of drug-likeness (QED) is 0.598. The molecule has 0 unspecified atom stereocenters. The number of para-hydroxylation sites is 1. The van der Waals surface area contributed by atoms with E-state index in [9.17, 15) is 0 Å². The van der Waals surface area contributed by atoms with Gasteiger partial charge in [-0.05, 0) is 25.6 Å². The molecule has 2 N–H and O–H groups in total. The molecular weight excluding hydrogens is 302 g/mol. The Bertz CT molecular complexity index is 572. The van der Waals surface area contributed by atoms with Gasteiger partial charge in [-0.25, -0.2) is 4.98 Å². The van der Waals surface area contributed by atoms with Gasteiger partial charge in [-0.2, -0.15) is 0 Å². The van der Waals surface area contributed by atoms with Crippen LogP contribution in [0.25, 0.3) is 0 Å². The molecule has 4 nitrogen and oxygen atoms in total. The minimum absolute atomic E-state index is 0.367. The van der Waals surface area contributed by atoms with E-state index in [0.29, 0.717) is 11.6 Å². The van der Waals surface area contributed by atoms with Gasteiger partial charge in [0.15, 0.2) is 0 Å². The van der Waals surface area contributed by atoms with Crippen LogP contribution in [0.3, 0.4) is 0 Å². The summed E-state index contributed by atoms with van der Waals surface area (Å²) < 4.78 is 5.78. The van der Waals surface area contributed by atoms with Crippen LogP contribution in [0, 0.1) is 0 Å². The Balaban J connectivity index is 1.73. The van der Waals surface area contributed by atoms with Gasteiger partial charge < -0.3 is 15.4 Å². The lowest BCUT2D eigenvalue weighted by atomic mass is 10.2. The lowest BCUT2D eigenvalue weighted by Crippen LogP contribution is -2.21. The monoisotopic (exact) mass is 321 g/mol. The zero-order chi connectivity index (χ0) is 15.1. The van der Waals surface area contributed by atoms with Crippen molar-refractivity contribution in [1.29, 1.82) is 0 Å². The minimum atomic E-state index is 0.367. The highest BCUT2D eigenvalue weighted by Gasteiger charge is 2.06. The second-order valence-corrected chi connectivity index (χ2v) is 5.94. The van der Waals surface area contributed by atoms with Gasteiger partial charge in [-0.3, -0.25) is 0 Å². The van der Waals surface area contributed by atoms with Crippen molar-refractivity contribution < 1.29 is 4.74 Å². The van der Waals surface area contributed by atoms with Gasteiger partial charge in [-0.1, -0.05) is 24.4 Å². The summed E-state index contributed by atoms with van der Waals surface area (Å²) in [6, 6.07) is 7.61. The second kappa shape index (κ2) is 8.07. The van der Waals surface area contributed by atoms with Crippen molar-refractivity contribution in [1.82, 2.24) is 9.88 Å². The number of hydrogen-bond acceptors (Lipinski definition) is 5. The van der Waals surface area contributed by atoms with E-state index in [1.165, 1.54) is 0 Å². The van der Waals surface area contributed by atoms with Crippen LogP contribution in [0.2, 0.25) is 0 Å². The molecule has 0 aliphatic heterocycles. The molecule has 21 heavy (non-hydrogen) atoms. The van der Waals surface area contributed by atoms with Crippen LogP contribution in [-0.2, 0) is 6.54 Å². The molecule has 0 bridgehead atoms. The summed E-state index contributed by atoms with van der Waals surface area (Å²) in [5.74, 6) is 0.757. The first-order chi connectivity index (χ1) is 10.2. The van der Waals surface area contributed by atoms with Gasteiger partial charge in [0, 0.05) is 18.5 Å². The van der Waals surface area contributed by atoms with Gasteiger partial charge in [-0.15, -0.1) is 11.3 Å². The molecule has 0 fully saturated rings. The molecule has 2 rings (SSSR count). The molecule has 1 heterocycles. The Hall–Kier alpha value is -1.50. The highest BCUT2D eigenvalue weighted by Crippen LogP contribution is 2.17. The van der Waals surface area contributed by atoms with Crippen LogP contribution >= 0.6 is 23.6 Å². The van der Waals surface area contributed by atoms with Gasteiger partial charge in [0.2, 0.25) is 0 Å². The van der Waals surface area contributed by atoms with E-state index < -0.39 is 0 Å². The van der Waals surface area contributed by atoms with Crippen molar-refractivity contribution in [2.24, 2.45) is 5.73 Å². The number of aromatic nitrogens is 1. The summed E-state index contributed by atoms with van der Waals surface area (Å²) in [4.78, 5) is 6.88. The number of thiocarbonyl (C=S) groups is 1. The van der Waals surface area contributed by atoms with Crippen LogP contribution in [0.15, 0.2) is 35.2 Å². The number of thiazole rings is 1. The number of benzene rings is 1. The average Bonchev–Trinajstić information content (AvgIpc) is 2.96. The first-order valence-corrected chi connectivity index (χ1v) is 8.09. The van der Waals surface area contributed by atoms with Crippen molar-refractivity contribution in [3.63, 3.8) is 0 Å². The zero-order valence-corrected chi connectivity index (χ0v) is 13.6. The number of rotatable bonds is 8. The maximum atomic E-state index is 5.78. The zero-order valence-electron chi connectivity index (χ0n) is 12.0. The maximum Gasteiger partial charge on any atom is 0.129 e. The van der Waals surface area contributed by atoms with Gasteiger partial charge >= 0.3 is 0 Å². The number of nitrogens with zero attached hydrogens (tertiary/aromatic N) is 2. The van der Waals surface area contributed by atoms with Crippen LogP contribution < -0.4 is 10.5 Å². The van der Waals surface area contributed by atoms with Gasteiger partial charge in [0.05, 0.1) is 23.4 Å². The smallest absolute Gasteiger partial charge is 0.129 e. The summed E-state index contributed by atoms with van der Waals surface area (Å²) in [5.41, 5.74) is 9.45. The Morgan fingerprint density at radius 1 is 1.43 bits per heavy atom. The van der Waals surface area contributed by atoms with Crippen LogP contribution in [0.4, 0.5) is 0 Å². The van der Waals surface area contributed by atoms with E-state index in [1.54, 1.807) is 11.3 Å². The molecule has 0 spiro atoms. The summed E-state index contributed by atoms with van der Waals surface area (Å²) in [6.45, 7) is 2.46. The van der Waals surface area contributed by atoms with Crippen molar-refractivity contribution in [2.75, 3.05) is 20.2 Å². The fourth-order valence-electron chi connectivity index (χ4n) is 1.98. The lowest BCUT2D eigenvalue weighted by molar-refractivity contribution is 0.257. The summed E-state index contributed by atoms with van der Waals surface area (Å²) in [5, 5.41) is 2.07. The van der Waals surface area contributed by atoms with E-state index in [-0.39, 0.29) is 0 Å². The van der Waals surface area contributed by atoms with Crippen molar-refractivity contribution in [3.05, 3.63) is 46.4 Å². The third kappa shape index (κ3) is 5.08. The Morgan fingerprint density at radius 3 is 2.95 bits per heavy atom. The lowest BCUT2D eigenvalue weighted by Gasteiger charge is -2.16. The Morgan fingerprint density at radius 2 is 2.24 bits per heavy atom. The third-order valence-electron chi connectivity index (χ3n) is 3.01. The van der Waals surface area contributed by atoms with E-state index >= 15 is 0 Å². The fourth-order valence-corrected chi connectivity index (χ4v) is 2.70. The molecule has 0 atom stereocenters. The normalized spacial score (nSPS) is 10.8. The molecule has 2 aromatic rings. The molecule has 0 amide bonds. The number of nitrogens with two attached hydrogens (primary N) is 1. The molecule has 1 aromatic carbocycles. The molecule has 1 aromatic heterocycles. The molecular formula is C15H19N3OS2. The topological polar surface area (TPSA) is 51.4 Å². The highest BCUT2D eigenvalue weighted by atomic mass is 32.1. The van der Waals surface area contributed by atoms with Crippen molar-refractivity contribution in [3.8, 4) is 5.75 Å². The first-order valence-electron chi connectivity index (χ1n) is 6.74. The van der Waals surface area contributed by atoms with Crippen molar-refractivity contribution >= 4 is 28.5 Å². The van der Waals surface area contributed by atoms with E-state index in [4.69, 9.17) is 22.7 Å². The highest BCUT2D eigenvalue weighted by molar-refractivity contribution is 7.80. The third-order valence-corrected chi connectivity index (χ3v) is 3.86. The molecule has 6 heteroatoms. The minimum Gasteiger partial charge on any atom is -0.493 e. The Kier molecular flexibility index (Phi) is 6.10. The van der Waals surface area contributed by atoms with E-state index in [2.05, 4.69) is 22.3 Å². The molecule has 112 valence electrons. The number of hydrogen-bond donors (Lipinski definition) is 1. The van der Waals surface area contributed by atoms with Gasteiger partial charge in [0.1, 0.15) is 10.7 Å². The van der Waals surface area contributed by atoms with Crippen molar-refractivity contribution in [2.45, 2.75) is 13.0 Å². The van der Waals surface area contributed by atoms with Gasteiger partial charge in [0.25, 0.3) is 0 Å². The first kappa shape index (κ1) is 15.9.